The van der Waals surface area contributed by atoms with E-state index in [4.69, 9.17) is 4.74 Å². The number of amides is 1. The molecule has 1 saturated heterocycles. The minimum absolute atomic E-state index is 0.000281. The van der Waals surface area contributed by atoms with Gasteiger partial charge in [-0.1, -0.05) is 36.4 Å². The predicted octanol–water partition coefficient (Wildman–Crippen LogP) is 2.18. The third-order valence-electron chi connectivity index (χ3n) is 4.07. The van der Waals surface area contributed by atoms with E-state index >= 15 is 0 Å². The third kappa shape index (κ3) is 3.64. The number of hydrogen-bond acceptors (Lipinski definition) is 3. The Kier molecular flexibility index (Phi) is 4.71. The maximum atomic E-state index is 12.3. The van der Waals surface area contributed by atoms with Crippen molar-refractivity contribution >= 4 is 16.7 Å². The Balaban J connectivity index is 1.61. The van der Waals surface area contributed by atoms with Crippen LogP contribution in [-0.4, -0.2) is 43.7 Å². The molecular formula is C18H22N2O2. The van der Waals surface area contributed by atoms with Crippen LogP contribution in [0.15, 0.2) is 42.5 Å². The van der Waals surface area contributed by atoms with Crippen LogP contribution in [0.1, 0.15) is 12.0 Å². The van der Waals surface area contributed by atoms with Crippen molar-refractivity contribution in [1.29, 1.82) is 0 Å². The number of rotatable bonds is 4. The molecular weight excluding hydrogens is 276 g/mol. The zero-order chi connectivity index (χ0) is 15.4. The summed E-state index contributed by atoms with van der Waals surface area (Å²) in [5.41, 5.74) is 1.15. The SMILES string of the molecule is CN(Cc1ccc2ccccc2c1)C(=O)CC1CNCCO1. The number of fused-ring (bicyclic) bond motifs is 1. The molecule has 0 aromatic heterocycles. The molecule has 1 atom stereocenters. The van der Waals surface area contributed by atoms with Gasteiger partial charge in [-0.05, 0) is 22.4 Å². The lowest BCUT2D eigenvalue weighted by atomic mass is 10.1. The fourth-order valence-electron chi connectivity index (χ4n) is 2.80. The summed E-state index contributed by atoms with van der Waals surface area (Å²) >= 11 is 0. The molecule has 0 bridgehead atoms. The van der Waals surface area contributed by atoms with Gasteiger partial charge in [-0.2, -0.15) is 0 Å². The fraction of sp³-hybridized carbons (Fsp3) is 0.389. The molecule has 2 aromatic carbocycles. The van der Waals surface area contributed by atoms with E-state index in [1.165, 1.54) is 10.8 Å². The molecule has 1 amide bonds. The van der Waals surface area contributed by atoms with Crippen LogP contribution >= 0.6 is 0 Å². The topological polar surface area (TPSA) is 41.6 Å². The van der Waals surface area contributed by atoms with Crippen molar-refractivity contribution < 1.29 is 9.53 Å². The zero-order valence-electron chi connectivity index (χ0n) is 12.9. The van der Waals surface area contributed by atoms with Crippen molar-refractivity contribution in [2.45, 2.75) is 19.1 Å². The van der Waals surface area contributed by atoms with Crippen molar-refractivity contribution in [3.05, 3.63) is 48.0 Å². The van der Waals surface area contributed by atoms with Gasteiger partial charge < -0.3 is 15.0 Å². The monoisotopic (exact) mass is 298 g/mol. The molecule has 1 aliphatic heterocycles. The standard InChI is InChI=1S/C18H22N2O2/c1-20(18(21)11-17-12-19-8-9-22-17)13-14-6-7-15-4-2-3-5-16(15)10-14/h2-7,10,17,19H,8-9,11-13H2,1H3. The van der Waals surface area contributed by atoms with Crippen molar-refractivity contribution in [3.63, 3.8) is 0 Å². The third-order valence-corrected chi connectivity index (χ3v) is 4.07. The highest BCUT2D eigenvalue weighted by Gasteiger charge is 2.19. The normalized spacial score (nSPS) is 18.3. The maximum absolute atomic E-state index is 12.3. The van der Waals surface area contributed by atoms with E-state index in [0.29, 0.717) is 19.6 Å². The van der Waals surface area contributed by atoms with Crippen LogP contribution in [0.5, 0.6) is 0 Å². The van der Waals surface area contributed by atoms with E-state index in [-0.39, 0.29) is 12.0 Å². The first-order valence-electron chi connectivity index (χ1n) is 7.76. The highest BCUT2D eigenvalue weighted by molar-refractivity contribution is 5.83. The van der Waals surface area contributed by atoms with Crippen molar-refractivity contribution in [3.8, 4) is 0 Å². The average Bonchev–Trinajstić information content (AvgIpc) is 2.55. The Bertz CT molecular complexity index is 650. The first-order valence-corrected chi connectivity index (χ1v) is 7.76. The van der Waals surface area contributed by atoms with Gasteiger partial charge in [0.1, 0.15) is 0 Å². The van der Waals surface area contributed by atoms with Gasteiger partial charge in [0.25, 0.3) is 0 Å². The molecule has 0 spiro atoms. The maximum Gasteiger partial charge on any atom is 0.225 e. The lowest BCUT2D eigenvalue weighted by Gasteiger charge is -2.25. The quantitative estimate of drug-likeness (QED) is 0.940. The highest BCUT2D eigenvalue weighted by Crippen LogP contribution is 2.17. The summed E-state index contributed by atoms with van der Waals surface area (Å²) in [6.45, 7) is 2.95. The molecule has 116 valence electrons. The second-order valence-electron chi connectivity index (χ2n) is 5.83. The summed E-state index contributed by atoms with van der Waals surface area (Å²) in [7, 11) is 1.85. The molecule has 1 unspecified atom stereocenters. The van der Waals surface area contributed by atoms with Gasteiger partial charge in [0.2, 0.25) is 5.91 Å². The minimum Gasteiger partial charge on any atom is -0.375 e. The second kappa shape index (κ2) is 6.90. The number of benzene rings is 2. The molecule has 1 aliphatic rings. The Morgan fingerprint density at radius 2 is 2.09 bits per heavy atom. The Morgan fingerprint density at radius 3 is 2.86 bits per heavy atom. The first-order chi connectivity index (χ1) is 10.7. The lowest BCUT2D eigenvalue weighted by Crippen LogP contribution is -2.41. The van der Waals surface area contributed by atoms with E-state index < -0.39 is 0 Å². The van der Waals surface area contributed by atoms with E-state index in [2.05, 4.69) is 35.6 Å². The van der Waals surface area contributed by atoms with E-state index in [9.17, 15) is 4.79 Å². The van der Waals surface area contributed by atoms with Crippen LogP contribution in [0, 0.1) is 0 Å². The molecule has 2 aromatic rings. The molecule has 4 heteroatoms. The smallest absolute Gasteiger partial charge is 0.225 e. The molecule has 4 nitrogen and oxygen atoms in total. The molecule has 0 aliphatic carbocycles. The number of nitrogens with one attached hydrogen (secondary N) is 1. The minimum atomic E-state index is 0.000281. The number of carbonyl (C=O) groups excluding carboxylic acids is 1. The van der Waals surface area contributed by atoms with Gasteiger partial charge in [0.15, 0.2) is 0 Å². The molecule has 22 heavy (non-hydrogen) atoms. The Labute approximate surface area is 131 Å². The number of nitrogens with zero attached hydrogens (tertiary/aromatic N) is 1. The van der Waals surface area contributed by atoms with Gasteiger partial charge in [-0.15, -0.1) is 0 Å². The van der Waals surface area contributed by atoms with Crippen LogP contribution in [-0.2, 0) is 16.1 Å². The number of carbonyl (C=O) groups is 1. The summed E-state index contributed by atoms with van der Waals surface area (Å²) in [5.74, 6) is 0.127. The molecule has 0 radical (unpaired) electrons. The lowest BCUT2D eigenvalue weighted by molar-refractivity contribution is -0.133. The van der Waals surface area contributed by atoms with Crippen LogP contribution < -0.4 is 5.32 Å². The average molecular weight is 298 g/mol. The van der Waals surface area contributed by atoms with E-state index in [0.717, 1.165) is 18.7 Å². The molecule has 1 N–H and O–H groups in total. The number of morpholine rings is 1. The van der Waals surface area contributed by atoms with Crippen LogP contribution in [0.25, 0.3) is 10.8 Å². The van der Waals surface area contributed by atoms with E-state index in [1.54, 1.807) is 4.90 Å². The zero-order valence-corrected chi connectivity index (χ0v) is 12.9. The summed E-state index contributed by atoms with van der Waals surface area (Å²) in [6.07, 6.45) is 0.442. The molecule has 3 rings (SSSR count). The predicted molar refractivity (Wildman–Crippen MR) is 87.6 cm³/mol. The van der Waals surface area contributed by atoms with Crippen molar-refractivity contribution in [1.82, 2.24) is 10.2 Å². The molecule has 0 saturated carbocycles. The number of hydrogen-bond donors (Lipinski definition) is 1. The Morgan fingerprint density at radius 1 is 1.27 bits per heavy atom. The Hall–Kier alpha value is -1.91. The van der Waals surface area contributed by atoms with Gasteiger partial charge in [0.05, 0.1) is 19.1 Å². The van der Waals surface area contributed by atoms with Crippen LogP contribution in [0.3, 0.4) is 0 Å². The van der Waals surface area contributed by atoms with Gasteiger partial charge >= 0.3 is 0 Å². The molecule has 1 heterocycles. The van der Waals surface area contributed by atoms with Gasteiger partial charge in [-0.25, -0.2) is 0 Å². The van der Waals surface area contributed by atoms with Crippen LogP contribution in [0.2, 0.25) is 0 Å². The fourth-order valence-corrected chi connectivity index (χ4v) is 2.80. The summed E-state index contributed by atoms with van der Waals surface area (Å²) in [5, 5.41) is 5.69. The second-order valence-corrected chi connectivity index (χ2v) is 5.83. The molecule has 1 fully saturated rings. The highest BCUT2D eigenvalue weighted by atomic mass is 16.5. The van der Waals surface area contributed by atoms with Crippen molar-refractivity contribution in [2.24, 2.45) is 0 Å². The number of ether oxygens (including phenoxy) is 1. The van der Waals surface area contributed by atoms with Gasteiger partial charge in [-0.3, -0.25) is 4.79 Å². The van der Waals surface area contributed by atoms with Crippen LogP contribution in [0.4, 0.5) is 0 Å². The first kappa shape index (κ1) is 15.0. The van der Waals surface area contributed by atoms with Gasteiger partial charge in [0, 0.05) is 26.7 Å². The summed E-state index contributed by atoms with van der Waals surface area (Å²) in [4.78, 5) is 14.1. The van der Waals surface area contributed by atoms with Crippen molar-refractivity contribution in [2.75, 3.05) is 26.7 Å². The van der Waals surface area contributed by atoms with E-state index in [1.807, 2.05) is 19.2 Å². The largest absolute Gasteiger partial charge is 0.375 e. The summed E-state index contributed by atoms with van der Waals surface area (Å²) < 4.78 is 5.60. The summed E-state index contributed by atoms with van der Waals surface area (Å²) in [6, 6.07) is 14.6.